The van der Waals surface area contributed by atoms with E-state index in [0.29, 0.717) is 6.54 Å². The number of rotatable bonds is 5. The van der Waals surface area contributed by atoms with Gasteiger partial charge in [-0.05, 0) is 19.4 Å². The van der Waals surface area contributed by atoms with Crippen molar-refractivity contribution in [3.8, 4) is 0 Å². The topological polar surface area (TPSA) is 47.7 Å². The second kappa shape index (κ2) is 5.60. The molecule has 0 saturated carbocycles. The van der Waals surface area contributed by atoms with E-state index in [1.54, 1.807) is 0 Å². The monoisotopic (exact) mass is 283 g/mol. The highest BCUT2D eigenvalue weighted by Crippen LogP contribution is 2.20. The quantitative estimate of drug-likeness (QED) is 0.783. The fourth-order valence-corrected chi connectivity index (χ4v) is 2.69. The van der Waals surface area contributed by atoms with Crippen molar-refractivity contribution in [3.63, 3.8) is 0 Å². The van der Waals surface area contributed by atoms with E-state index in [1.165, 1.54) is 10.9 Å². The van der Waals surface area contributed by atoms with Gasteiger partial charge in [-0.2, -0.15) is 10.2 Å². The lowest BCUT2D eigenvalue weighted by Crippen LogP contribution is -2.03. The molecular formula is C16H21N5. The molecular weight excluding hydrogens is 262 g/mol. The summed E-state index contributed by atoms with van der Waals surface area (Å²) in [5, 5.41) is 13.9. The van der Waals surface area contributed by atoms with Gasteiger partial charge in [0.2, 0.25) is 0 Å². The second-order valence-corrected chi connectivity index (χ2v) is 5.15. The lowest BCUT2D eigenvalue weighted by molar-refractivity contribution is 0.671. The van der Waals surface area contributed by atoms with Crippen molar-refractivity contribution >= 4 is 16.6 Å². The van der Waals surface area contributed by atoms with Crippen LogP contribution in [0.15, 0.2) is 30.5 Å². The van der Waals surface area contributed by atoms with Gasteiger partial charge >= 0.3 is 0 Å². The molecule has 0 unspecified atom stereocenters. The maximum absolute atomic E-state index is 4.71. The van der Waals surface area contributed by atoms with Crippen LogP contribution in [0.4, 0.5) is 5.69 Å². The van der Waals surface area contributed by atoms with Gasteiger partial charge < -0.3 is 5.32 Å². The van der Waals surface area contributed by atoms with Crippen LogP contribution >= 0.6 is 0 Å². The Kier molecular flexibility index (Phi) is 3.64. The Hall–Kier alpha value is -2.30. The third kappa shape index (κ3) is 2.51. The Morgan fingerprint density at radius 2 is 1.90 bits per heavy atom. The first-order valence-electron chi connectivity index (χ1n) is 7.43. The van der Waals surface area contributed by atoms with Crippen molar-refractivity contribution in [3.05, 3.63) is 41.9 Å². The standard InChI is InChI=1S/C16H21N5/c1-4-13-15(11-20(3)18-13)17-10-14-12-8-6-7-9-16(12)21(5-2)19-14/h6-9,11,17H,4-5,10H2,1-3H3. The van der Waals surface area contributed by atoms with Gasteiger partial charge in [-0.1, -0.05) is 25.1 Å². The number of para-hydroxylation sites is 1. The molecule has 0 spiro atoms. The number of hydrogen-bond acceptors (Lipinski definition) is 3. The van der Waals surface area contributed by atoms with Gasteiger partial charge in [-0.3, -0.25) is 9.36 Å². The Bertz CT molecular complexity index is 753. The maximum atomic E-state index is 4.71. The average molecular weight is 283 g/mol. The fourth-order valence-electron chi connectivity index (χ4n) is 2.69. The van der Waals surface area contributed by atoms with Crippen LogP contribution in [0.3, 0.4) is 0 Å². The minimum atomic E-state index is 0.714. The van der Waals surface area contributed by atoms with E-state index in [-0.39, 0.29) is 0 Å². The predicted octanol–water partition coefficient (Wildman–Crippen LogP) is 2.96. The normalized spacial score (nSPS) is 11.2. The van der Waals surface area contributed by atoms with Crippen molar-refractivity contribution in [2.75, 3.05) is 5.32 Å². The third-order valence-electron chi connectivity index (χ3n) is 3.72. The van der Waals surface area contributed by atoms with Crippen LogP contribution in [-0.4, -0.2) is 19.6 Å². The average Bonchev–Trinajstić information content (AvgIpc) is 3.05. The summed E-state index contributed by atoms with van der Waals surface area (Å²) < 4.78 is 3.90. The highest BCUT2D eigenvalue weighted by molar-refractivity contribution is 5.82. The van der Waals surface area contributed by atoms with Crippen molar-refractivity contribution < 1.29 is 0 Å². The molecule has 0 aliphatic carbocycles. The largest absolute Gasteiger partial charge is 0.377 e. The number of anilines is 1. The molecule has 110 valence electrons. The van der Waals surface area contributed by atoms with Crippen LogP contribution < -0.4 is 5.32 Å². The summed E-state index contributed by atoms with van der Waals surface area (Å²) in [5.41, 5.74) is 4.46. The van der Waals surface area contributed by atoms with Crippen LogP contribution in [-0.2, 0) is 26.6 Å². The van der Waals surface area contributed by atoms with Crippen LogP contribution in [0.5, 0.6) is 0 Å². The summed E-state index contributed by atoms with van der Waals surface area (Å²) in [4.78, 5) is 0. The smallest absolute Gasteiger partial charge is 0.0894 e. The molecule has 0 bridgehead atoms. The van der Waals surface area contributed by atoms with Crippen molar-refractivity contribution in [1.29, 1.82) is 0 Å². The van der Waals surface area contributed by atoms with Crippen molar-refractivity contribution in [1.82, 2.24) is 19.6 Å². The minimum Gasteiger partial charge on any atom is -0.377 e. The molecule has 0 saturated heterocycles. The van der Waals surface area contributed by atoms with Gasteiger partial charge in [0.05, 0.1) is 29.1 Å². The molecule has 0 atom stereocenters. The lowest BCUT2D eigenvalue weighted by Gasteiger charge is -2.03. The lowest BCUT2D eigenvalue weighted by atomic mass is 10.2. The number of nitrogens with zero attached hydrogens (tertiary/aromatic N) is 4. The summed E-state index contributed by atoms with van der Waals surface area (Å²) in [7, 11) is 1.95. The van der Waals surface area contributed by atoms with Crippen molar-refractivity contribution in [2.45, 2.75) is 33.4 Å². The number of aryl methyl sites for hydroxylation is 3. The molecule has 0 radical (unpaired) electrons. The van der Waals surface area contributed by atoms with Gasteiger partial charge in [0, 0.05) is 25.2 Å². The number of aromatic nitrogens is 4. The van der Waals surface area contributed by atoms with Crippen molar-refractivity contribution in [2.24, 2.45) is 7.05 Å². The summed E-state index contributed by atoms with van der Waals surface area (Å²) in [6.07, 6.45) is 2.95. The molecule has 1 N–H and O–H groups in total. The van der Waals surface area contributed by atoms with E-state index >= 15 is 0 Å². The molecule has 2 heterocycles. The molecule has 3 aromatic rings. The molecule has 5 nitrogen and oxygen atoms in total. The van der Waals surface area contributed by atoms with Gasteiger partial charge in [-0.15, -0.1) is 0 Å². The maximum Gasteiger partial charge on any atom is 0.0894 e. The number of nitrogens with one attached hydrogen (secondary N) is 1. The zero-order valence-electron chi connectivity index (χ0n) is 12.8. The molecule has 5 heteroatoms. The Labute approximate surface area is 124 Å². The molecule has 0 aliphatic rings. The summed E-state index contributed by atoms with van der Waals surface area (Å²) >= 11 is 0. The van der Waals surface area contributed by atoms with Gasteiger partial charge in [0.1, 0.15) is 0 Å². The van der Waals surface area contributed by atoms with E-state index in [0.717, 1.165) is 30.0 Å². The van der Waals surface area contributed by atoms with E-state index < -0.39 is 0 Å². The van der Waals surface area contributed by atoms with Gasteiger partial charge in [0.15, 0.2) is 0 Å². The van der Waals surface area contributed by atoms with Crippen LogP contribution in [0.2, 0.25) is 0 Å². The zero-order valence-corrected chi connectivity index (χ0v) is 12.8. The van der Waals surface area contributed by atoms with Gasteiger partial charge in [-0.25, -0.2) is 0 Å². The van der Waals surface area contributed by atoms with E-state index in [4.69, 9.17) is 5.10 Å². The first-order chi connectivity index (χ1) is 10.2. The minimum absolute atomic E-state index is 0.714. The van der Waals surface area contributed by atoms with E-state index in [9.17, 15) is 0 Å². The summed E-state index contributed by atoms with van der Waals surface area (Å²) in [6, 6.07) is 8.38. The molecule has 3 rings (SSSR count). The van der Waals surface area contributed by atoms with Crippen LogP contribution in [0.1, 0.15) is 25.2 Å². The fraction of sp³-hybridized carbons (Fsp3) is 0.375. The number of hydrogen-bond donors (Lipinski definition) is 1. The highest BCUT2D eigenvalue weighted by atomic mass is 15.3. The molecule has 1 aromatic carbocycles. The molecule has 0 fully saturated rings. The molecule has 2 aromatic heterocycles. The highest BCUT2D eigenvalue weighted by Gasteiger charge is 2.10. The number of fused-ring (bicyclic) bond motifs is 1. The van der Waals surface area contributed by atoms with Crippen LogP contribution in [0.25, 0.3) is 10.9 Å². The Morgan fingerprint density at radius 3 is 2.67 bits per heavy atom. The number of benzene rings is 1. The molecule has 0 aliphatic heterocycles. The molecule has 0 amide bonds. The zero-order chi connectivity index (χ0) is 14.8. The molecule has 21 heavy (non-hydrogen) atoms. The Balaban J connectivity index is 1.88. The van der Waals surface area contributed by atoms with Crippen LogP contribution in [0, 0.1) is 0 Å². The van der Waals surface area contributed by atoms with Gasteiger partial charge in [0.25, 0.3) is 0 Å². The first kappa shape index (κ1) is 13.7. The first-order valence-corrected chi connectivity index (χ1v) is 7.43. The summed E-state index contributed by atoms with van der Waals surface area (Å²) in [6.45, 7) is 5.83. The predicted molar refractivity (Wildman–Crippen MR) is 85.3 cm³/mol. The third-order valence-corrected chi connectivity index (χ3v) is 3.72. The SMILES string of the molecule is CCc1nn(C)cc1NCc1nn(CC)c2ccccc12. The van der Waals surface area contributed by atoms with E-state index in [2.05, 4.69) is 53.2 Å². The second-order valence-electron chi connectivity index (χ2n) is 5.15. The van der Waals surface area contributed by atoms with E-state index in [1.807, 2.05) is 17.9 Å². The Morgan fingerprint density at radius 1 is 1.10 bits per heavy atom. The summed E-state index contributed by atoms with van der Waals surface area (Å²) in [5.74, 6) is 0.